The van der Waals surface area contributed by atoms with Crippen LogP contribution in [0.25, 0.3) is 0 Å². The van der Waals surface area contributed by atoms with Crippen molar-refractivity contribution in [3.05, 3.63) is 29.8 Å². The Bertz CT molecular complexity index is 897. The predicted molar refractivity (Wildman–Crippen MR) is 156 cm³/mol. The Kier molecular flexibility index (Phi) is 15.9. The van der Waals surface area contributed by atoms with Gasteiger partial charge in [-0.05, 0) is 55.7 Å². The molecule has 0 aliphatic heterocycles. The third kappa shape index (κ3) is 13.9. The van der Waals surface area contributed by atoms with Crippen LogP contribution in [0.2, 0.25) is 0 Å². The molecule has 0 aliphatic carbocycles. The molecule has 1 aromatic carbocycles. The van der Waals surface area contributed by atoms with Crippen molar-refractivity contribution in [1.29, 1.82) is 0 Å². The number of carbonyl (C=O) groups is 4. The minimum absolute atomic E-state index is 0.0990. The van der Waals surface area contributed by atoms with Gasteiger partial charge in [-0.1, -0.05) is 39.8 Å². The molecule has 0 saturated heterocycles. The molecule has 0 heterocycles. The van der Waals surface area contributed by atoms with Crippen molar-refractivity contribution in [1.82, 2.24) is 19.5 Å². The van der Waals surface area contributed by atoms with Crippen molar-refractivity contribution in [2.45, 2.75) is 85.2 Å². The Morgan fingerprint density at radius 1 is 0.947 bits per heavy atom. The molecule has 0 aliphatic rings. The van der Waals surface area contributed by atoms with Crippen LogP contribution in [-0.2, 0) is 25.7 Å². The fourth-order valence-electron chi connectivity index (χ4n) is 3.41. The Morgan fingerprint density at radius 3 is 2.16 bits per heavy atom. The van der Waals surface area contributed by atoms with Crippen molar-refractivity contribution in [2.24, 2.45) is 17.6 Å². The highest BCUT2D eigenvalue weighted by atomic mass is 127. The van der Waals surface area contributed by atoms with Crippen molar-refractivity contribution in [2.75, 3.05) is 11.9 Å². The van der Waals surface area contributed by atoms with Crippen LogP contribution in [0.15, 0.2) is 24.3 Å². The third-order valence-electron chi connectivity index (χ3n) is 5.69. The number of hydrogen-bond donors (Lipinski definition) is 6. The number of hydrogen-bond acceptors (Lipinski definition) is 6. The van der Waals surface area contributed by atoms with Crippen LogP contribution in [0, 0.1) is 11.8 Å². The summed E-state index contributed by atoms with van der Waals surface area (Å²) in [5.41, 5.74) is 6.63. The summed E-state index contributed by atoms with van der Waals surface area (Å²) in [6, 6.07) is 4.89. The Labute approximate surface area is 239 Å². The van der Waals surface area contributed by atoms with Crippen molar-refractivity contribution < 1.29 is 23.9 Å². The number of nitrogens with two attached hydrogens (primary N) is 1. The molecule has 1 aromatic rings. The standard InChI is InChI=1S/C26H43IN6O5/c1-16(2)8-13-22(34)32-23(17(3)4)25(36)31-21(7-6-14-29-26(28)37)24(35)30-20-11-9-19(10-12-20)15-38-18(5)33-27/h9-12,16-18,21,23,33H,6-8,13-15H2,1-5H3,(H,30,35)(H,31,36)(H,32,34)(H3,28,29,37)/t18?,21-,23-/m0/s1. The second-order valence-corrected chi connectivity index (χ2v) is 10.6. The van der Waals surface area contributed by atoms with Crippen molar-refractivity contribution in [3.8, 4) is 0 Å². The predicted octanol–water partition coefficient (Wildman–Crippen LogP) is 2.94. The molecule has 3 atom stereocenters. The molecule has 1 unspecified atom stereocenters. The quantitative estimate of drug-likeness (QED) is 0.0660. The van der Waals surface area contributed by atoms with E-state index in [1.165, 1.54) is 0 Å². The number of ether oxygens (including phenoxy) is 1. The van der Waals surface area contributed by atoms with E-state index in [0.717, 1.165) is 12.0 Å². The number of halogens is 1. The second kappa shape index (κ2) is 17.9. The maximum absolute atomic E-state index is 13.1. The van der Waals surface area contributed by atoms with Crippen LogP contribution < -0.4 is 30.5 Å². The summed E-state index contributed by atoms with van der Waals surface area (Å²) < 4.78 is 8.59. The number of rotatable bonds is 17. The highest BCUT2D eigenvalue weighted by Crippen LogP contribution is 2.13. The lowest BCUT2D eigenvalue weighted by Gasteiger charge is -2.25. The Morgan fingerprint density at radius 2 is 1.61 bits per heavy atom. The van der Waals surface area contributed by atoms with Gasteiger partial charge in [0.05, 0.1) is 6.61 Å². The lowest BCUT2D eigenvalue weighted by Crippen LogP contribution is -2.54. The molecule has 38 heavy (non-hydrogen) atoms. The number of anilines is 1. The highest BCUT2D eigenvalue weighted by Gasteiger charge is 2.28. The number of carbonyl (C=O) groups excluding carboxylic acids is 4. The SMILES string of the molecule is CC(C)CCC(=O)N[C@H](C(=O)N[C@@H](CCCNC(N)=O)C(=O)Nc1ccc(COC(C)NI)cc1)C(C)C. The van der Waals surface area contributed by atoms with E-state index in [0.29, 0.717) is 31.1 Å². The smallest absolute Gasteiger partial charge is 0.312 e. The first kappa shape index (κ1) is 33.6. The van der Waals surface area contributed by atoms with Gasteiger partial charge in [0, 0.05) is 41.5 Å². The first-order chi connectivity index (χ1) is 17.9. The topological polar surface area (TPSA) is 164 Å². The van der Waals surface area contributed by atoms with Gasteiger partial charge < -0.3 is 31.7 Å². The first-order valence-electron chi connectivity index (χ1n) is 12.9. The van der Waals surface area contributed by atoms with E-state index < -0.39 is 29.9 Å². The number of primary amides is 1. The zero-order chi connectivity index (χ0) is 28.7. The average Bonchev–Trinajstić information content (AvgIpc) is 2.86. The summed E-state index contributed by atoms with van der Waals surface area (Å²) in [6.07, 6.45) is 1.61. The minimum atomic E-state index is -0.885. The Balaban J connectivity index is 2.88. The molecule has 0 spiro atoms. The molecule has 0 aromatic heterocycles. The molecule has 7 N–H and O–H groups in total. The number of benzene rings is 1. The summed E-state index contributed by atoms with van der Waals surface area (Å²) in [5, 5.41) is 10.9. The van der Waals surface area contributed by atoms with E-state index in [4.69, 9.17) is 10.5 Å². The fraction of sp³-hybridized carbons (Fsp3) is 0.615. The fourth-order valence-corrected chi connectivity index (χ4v) is 3.59. The van der Waals surface area contributed by atoms with Gasteiger partial charge in [0.15, 0.2) is 0 Å². The molecule has 214 valence electrons. The molecular weight excluding hydrogens is 603 g/mol. The van der Waals surface area contributed by atoms with Crippen LogP contribution >= 0.6 is 22.9 Å². The van der Waals surface area contributed by atoms with Gasteiger partial charge in [-0.2, -0.15) is 0 Å². The molecule has 11 nitrogen and oxygen atoms in total. The largest absolute Gasteiger partial charge is 0.358 e. The maximum atomic E-state index is 13.1. The summed E-state index contributed by atoms with van der Waals surface area (Å²) in [4.78, 5) is 49.7. The van der Waals surface area contributed by atoms with Gasteiger partial charge in [0.2, 0.25) is 17.7 Å². The van der Waals surface area contributed by atoms with Gasteiger partial charge in [0.25, 0.3) is 0 Å². The number of nitrogens with one attached hydrogen (secondary N) is 5. The lowest BCUT2D eigenvalue weighted by molar-refractivity contribution is -0.132. The summed E-state index contributed by atoms with van der Waals surface area (Å²) in [6.45, 7) is 10.3. The molecule has 0 bridgehead atoms. The molecule has 12 heteroatoms. The number of urea groups is 1. The van der Waals surface area contributed by atoms with Crippen LogP contribution in [0.3, 0.4) is 0 Å². The van der Waals surface area contributed by atoms with E-state index in [1.807, 2.05) is 69.6 Å². The normalized spacial score (nSPS) is 13.5. The second-order valence-electron chi connectivity index (χ2n) is 9.96. The maximum Gasteiger partial charge on any atom is 0.312 e. The lowest BCUT2D eigenvalue weighted by atomic mass is 10.0. The monoisotopic (exact) mass is 646 g/mol. The van der Waals surface area contributed by atoms with Gasteiger partial charge in [0.1, 0.15) is 18.3 Å². The van der Waals surface area contributed by atoms with E-state index in [2.05, 4.69) is 24.8 Å². The van der Waals surface area contributed by atoms with Crippen molar-refractivity contribution in [3.63, 3.8) is 0 Å². The average molecular weight is 647 g/mol. The minimum Gasteiger partial charge on any atom is -0.358 e. The van der Waals surface area contributed by atoms with E-state index in [9.17, 15) is 19.2 Å². The Hall–Kier alpha value is -2.45. The van der Waals surface area contributed by atoms with Crippen molar-refractivity contribution >= 4 is 52.3 Å². The van der Waals surface area contributed by atoms with E-state index in [1.54, 1.807) is 12.1 Å². The zero-order valence-electron chi connectivity index (χ0n) is 22.9. The third-order valence-corrected chi connectivity index (χ3v) is 6.57. The highest BCUT2D eigenvalue weighted by molar-refractivity contribution is 14.1. The van der Waals surface area contributed by atoms with Gasteiger partial charge in [-0.15, -0.1) is 0 Å². The van der Waals surface area contributed by atoms with Crippen LogP contribution in [0.5, 0.6) is 0 Å². The molecule has 0 saturated carbocycles. The first-order valence-corrected chi connectivity index (χ1v) is 14.0. The molecule has 5 amide bonds. The van der Waals surface area contributed by atoms with Gasteiger partial charge in [-0.25, -0.2) is 8.32 Å². The van der Waals surface area contributed by atoms with Crippen LogP contribution in [-0.4, -0.2) is 48.6 Å². The molecule has 0 fully saturated rings. The zero-order valence-corrected chi connectivity index (χ0v) is 25.1. The molecular formula is C26H43IN6O5. The van der Waals surface area contributed by atoms with Gasteiger partial charge >= 0.3 is 6.03 Å². The van der Waals surface area contributed by atoms with Gasteiger partial charge in [-0.3, -0.25) is 14.4 Å². The molecule has 0 radical (unpaired) electrons. The number of amides is 5. The van der Waals surface area contributed by atoms with Crippen LogP contribution in [0.4, 0.5) is 10.5 Å². The summed E-state index contributed by atoms with van der Waals surface area (Å²) in [7, 11) is 0. The molecule has 1 rings (SSSR count). The summed E-state index contributed by atoms with van der Waals surface area (Å²) >= 11 is 2.02. The van der Waals surface area contributed by atoms with Crippen LogP contribution in [0.1, 0.15) is 65.9 Å². The van der Waals surface area contributed by atoms with E-state index in [-0.39, 0.29) is 31.0 Å². The summed E-state index contributed by atoms with van der Waals surface area (Å²) in [5.74, 6) is -0.860. The van der Waals surface area contributed by atoms with E-state index >= 15 is 0 Å².